The lowest BCUT2D eigenvalue weighted by Crippen LogP contribution is -2.40. The zero-order valence-electron chi connectivity index (χ0n) is 21.6. The number of benzene rings is 1. The summed E-state index contributed by atoms with van der Waals surface area (Å²) in [6.45, 7) is 12.8. The molecule has 2 unspecified atom stereocenters. The molecule has 0 fully saturated rings. The van der Waals surface area contributed by atoms with Gasteiger partial charge in [0.1, 0.15) is 23.2 Å². The van der Waals surface area contributed by atoms with Crippen molar-refractivity contribution in [3.63, 3.8) is 0 Å². The fourth-order valence-electron chi connectivity index (χ4n) is 3.61. The largest absolute Gasteiger partial charge is 0.522 e. The third-order valence-electron chi connectivity index (χ3n) is 5.84. The number of allylic oxidation sites excluding steroid dienone is 3. The quantitative estimate of drug-likeness (QED) is 0.217. The van der Waals surface area contributed by atoms with Crippen LogP contribution in [-0.4, -0.2) is 43.7 Å². The summed E-state index contributed by atoms with van der Waals surface area (Å²) in [6.07, 6.45) is -3.35. The van der Waals surface area contributed by atoms with E-state index in [1.165, 1.54) is 12.1 Å². The highest BCUT2D eigenvalue weighted by Crippen LogP contribution is 2.31. The molecular formula is C26H32F7N5O. The van der Waals surface area contributed by atoms with E-state index in [0.29, 0.717) is 18.6 Å². The highest BCUT2D eigenvalue weighted by molar-refractivity contribution is 5.61. The van der Waals surface area contributed by atoms with Crippen LogP contribution >= 0.6 is 0 Å². The average molecular weight is 564 g/mol. The predicted octanol–water partition coefficient (Wildman–Crippen LogP) is 5.67. The van der Waals surface area contributed by atoms with Crippen LogP contribution in [0.4, 0.5) is 36.4 Å². The topological polar surface area (TPSA) is 74.6 Å². The molecule has 2 rings (SSSR count). The van der Waals surface area contributed by atoms with Gasteiger partial charge in [-0.05, 0) is 30.1 Å². The van der Waals surface area contributed by atoms with Crippen molar-refractivity contribution >= 4 is 5.69 Å². The van der Waals surface area contributed by atoms with Crippen molar-refractivity contribution in [1.82, 2.24) is 15.8 Å². The van der Waals surface area contributed by atoms with Crippen molar-refractivity contribution in [1.29, 1.82) is 0 Å². The van der Waals surface area contributed by atoms with Gasteiger partial charge < -0.3 is 16.4 Å². The number of hydrogen-bond acceptors (Lipinski definition) is 6. The van der Waals surface area contributed by atoms with Crippen LogP contribution in [0, 0.1) is 17.5 Å². The first-order valence-corrected chi connectivity index (χ1v) is 11.9. The molecule has 1 aliphatic heterocycles. The molecule has 0 saturated heterocycles. The second-order valence-corrected chi connectivity index (χ2v) is 8.88. The van der Waals surface area contributed by atoms with Crippen molar-refractivity contribution in [3.8, 4) is 0 Å². The molecule has 39 heavy (non-hydrogen) atoms. The Morgan fingerprint density at radius 3 is 2.36 bits per heavy atom. The van der Waals surface area contributed by atoms with Crippen molar-refractivity contribution in [3.05, 3.63) is 89.5 Å². The zero-order valence-corrected chi connectivity index (χ0v) is 21.6. The number of anilines is 1. The van der Waals surface area contributed by atoms with Gasteiger partial charge in [-0.3, -0.25) is 9.75 Å². The Morgan fingerprint density at radius 2 is 1.79 bits per heavy atom. The Kier molecular flexibility index (Phi) is 11.2. The molecule has 1 aromatic carbocycles. The number of rotatable bonds is 10. The van der Waals surface area contributed by atoms with Gasteiger partial charge >= 0.3 is 6.36 Å². The van der Waals surface area contributed by atoms with Crippen LogP contribution in [0.15, 0.2) is 72.0 Å². The van der Waals surface area contributed by atoms with E-state index in [0.717, 1.165) is 6.08 Å². The highest BCUT2D eigenvalue weighted by Gasteiger charge is 2.30. The third kappa shape index (κ3) is 9.44. The first-order chi connectivity index (χ1) is 18.1. The van der Waals surface area contributed by atoms with Gasteiger partial charge in [-0.2, -0.15) is 0 Å². The van der Waals surface area contributed by atoms with E-state index >= 15 is 4.39 Å². The normalized spacial score (nSPS) is 17.8. The Hall–Kier alpha value is -3.29. The Morgan fingerprint density at radius 1 is 1.18 bits per heavy atom. The van der Waals surface area contributed by atoms with Crippen molar-refractivity contribution in [2.75, 3.05) is 25.5 Å². The number of hydrazine groups is 1. The zero-order chi connectivity index (χ0) is 29.5. The second-order valence-electron chi connectivity index (χ2n) is 8.88. The van der Waals surface area contributed by atoms with Gasteiger partial charge in [0, 0.05) is 55.5 Å². The minimum atomic E-state index is -4.83. The second kappa shape index (κ2) is 13.7. The molecule has 2 atom stereocenters. The minimum Gasteiger partial charge on any atom is -0.380 e. The van der Waals surface area contributed by atoms with Gasteiger partial charge in [0.2, 0.25) is 0 Å². The number of nitrogens with zero attached hydrogens (tertiary/aromatic N) is 1. The smallest absolute Gasteiger partial charge is 0.380 e. The monoisotopic (exact) mass is 563 g/mol. The fourth-order valence-corrected chi connectivity index (χ4v) is 3.61. The molecule has 1 aromatic rings. The maximum absolute atomic E-state index is 15.0. The van der Waals surface area contributed by atoms with Crippen LogP contribution in [-0.2, 0) is 4.74 Å². The van der Waals surface area contributed by atoms with Crippen LogP contribution in [0.1, 0.15) is 26.2 Å². The number of alkyl halides is 3. The van der Waals surface area contributed by atoms with Gasteiger partial charge in [0.15, 0.2) is 11.6 Å². The van der Waals surface area contributed by atoms with Crippen molar-refractivity contribution < 1.29 is 35.5 Å². The van der Waals surface area contributed by atoms with Gasteiger partial charge in [0.05, 0.1) is 6.61 Å². The Balaban J connectivity index is 2.52. The third-order valence-corrected chi connectivity index (χ3v) is 5.84. The van der Waals surface area contributed by atoms with Gasteiger partial charge in [-0.25, -0.2) is 23.0 Å². The summed E-state index contributed by atoms with van der Waals surface area (Å²) in [4.78, 5) is 0. The maximum Gasteiger partial charge on any atom is 0.522 e. The highest BCUT2D eigenvalue weighted by atomic mass is 19.4. The molecule has 6 nitrogen and oxygen atoms in total. The molecule has 0 aliphatic carbocycles. The number of halogens is 7. The van der Waals surface area contributed by atoms with E-state index < -0.39 is 54.0 Å². The first-order valence-electron chi connectivity index (χ1n) is 11.9. The summed E-state index contributed by atoms with van der Waals surface area (Å²) < 4.78 is 99.0. The minimum absolute atomic E-state index is 0.0162. The summed E-state index contributed by atoms with van der Waals surface area (Å²) in [5, 5.41) is 6.64. The first kappa shape index (κ1) is 31.9. The van der Waals surface area contributed by atoms with Crippen LogP contribution < -0.4 is 21.8 Å². The van der Waals surface area contributed by atoms with E-state index in [1.54, 1.807) is 6.92 Å². The van der Waals surface area contributed by atoms with Gasteiger partial charge in [-0.15, -0.1) is 13.2 Å². The molecule has 0 saturated carbocycles. The SMILES string of the molecule is C=C(NC(CC)COC(F)(F)F)C(=C)C(=C)C1=C(Nc2c(F)cc(F)cc2F)N(C)NCCC(N)CC(F)=C1. The van der Waals surface area contributed by atoms with Gasteiger partial charge in [0.25, 0.3) is 0 Å². The molecule has 0 bridgehead atoms. The Labute approximate surface area is 222 Å². The number of nitrogens with two attached hydrogens (primary N) is 1. The lowest BCUT2D eigenvalue weighted by Gasteiger charge is -2.30. The summed E-state index contributed by atoms with van der Waals surface area (Å²) in [7, 11) is 1.48. The molecule has 1 heterocycles. The Bertz CT molecular complexity index is 1120. The molecule has 0 aromatic heterocycles. The average Bonchev–Trinajstić information content (AvgIpc) is 2.82. The summed E-state index contributed by atoms with van der Waals surface area (Å²) >= 11 is 0. The van der Waals surface area contributed by atoms with Crippen LogP contribution in [0.5, 0.6) is 0 Å². The number of nitrogens with one attached hydrogen (secondary N) is 3. The van der Waals surface area contributed by atoms with Crippen molar-refractivity contribution in [2.24, 2.45) is 5.73 Å². The maximum atomic E-state index is 15.0. The van der Waals surface area contributed by atoms with E-state index in [4.69, 9.17) is 5.73 Å². The van der Waals surface area contributed by atoms with Crippen LogP contribution in [0.3, 0.4) is 0 Å². The standard InChI is InChI=1S/C26H32F7N5O/c1-6-20(13-39-26(31,32)33)36-16(4)14(2)15(3)21-10-17(27)9-19(34)7-8-35-38(5)25(21)37-24-22(29)11-18(28)12-23(24)30/h10-12,19-20,35-37H,2-4,6-9,13,34H2,1,5H3. The van der Waals surface area contributed by atoms with Crippen molar-refractivity contribution in [2.45, 2.75) is 44.6 Å². The van der Waals surface area contributed by atoms with E-state index in [2.05, 4.69) is 40.5 Å². The summed E-state index contributed by atoms with van der Waals surface area (Å²) in [5.74, 6) is -4.40. The summed E-state index contributed by atoms with van der Waals surface area (Å²) in [6, 6.07) is -0.405. The fraction of sp³-hybridized carbons (Fsp3) is 0.385. The molecule has 5 N–H and O–H groups in total. The van der Waals surface area contributed by atoms with Crippen LogP contribution in [0.2, 0.25) is 0 Å². The molecule has 216 valence electrons. The molecule has 0 radical (unpaired) electrons. The van der Waals surface area contributed by atoms with Gasteiger partial charge in [-0.1, -0.05) is 26.7 Å². The molecule has 13 heteroatoms. The summed E-state index contributed by atoms with van der Waals surface area (Å²) in [5.41, 5.74) is 8.33. The van der Waals surface area contributed by atoms with E-state index in [1.807, 2.05) is 0 Å². The number of ether oxygens (including phenoxy) is 1. The lowest BCUT2D eigenvalue weighted by molar-refractivity contribution is -0.326. The number of hydrogen-bond donors (Lipinski definition) is 4. The molecule has 1 aliphatic rings. The molecule has 0 amide bonds. The molecule has 0 spiro atoms. The van der Waals surface area contributed by atoms with Crippen LogP contribution in [0.25, 0.3) is 0 Å². The predicted molar refractivity (Wildman–Crippen MR) is 136 cm³/mol. The van der Waals surface area contributed by atoms with E-state index in [9.17, 15) is 26.3 Å². The van der Waals surface area contributed by atoms with E-state index in [-0.39, 0.29) is 47.6 Å². The lowest BCUT2D eigenvalue weighted by atomic mass is 9.96. The molecular weight excluding hydrogens is 531 g/mol.